The SMILES string of the molecule is C.COc1ccc(-c2ccc(C(=O)N[C@H](C(=O)NO)[C@@H](C)O)cc2)cc1. The van der Waals surface area contributed by atoms with Gasteiger partial charge in [0.15, 0.2) is 0 Å². The first-order valence-corrected chi connectivity index (χ1v) is 7.63. The van der Waals surface area contributed by atoms with E-state index in [9.17, 15) is 14.7 Å². The zero-order valence-electron chi connectivity index (χ0n) is 13.9. The van der Waals surface area contributed by atoms with Gasteiger partial charge < -0.3 is 15.2 Å². The number of amides is 2. The average Bonchev–Trinajstić information content (AvgIpc) is 2.65. The fourth-order valence-electron chi connectivity index (χ4n) is 2.30. The molecule has 7 nitrogen and oxygen atoms in total. The number of rotatable bonds is 6. The Morgan fingerprint density at radius 3 is 1.92 bits per heavy atom. The van der Waals surface area contributed by atoms with Crippen LogP contribution in [0.2, 0.25) is 0 Å². The minimum absolute atomic E-state index is 0. The Morgan fingerprint density at radius 2 is 1.50 bits per heavy atom. The minimum Gasteiger partial charge on any atom is -0.497 e. The molecule has 0 spiro atoms. The normalized spacial score (nSPS) is 12.3. The summed E-state index contributed by atoms with van der Waals surface area (Å²) in [6, 6.07) is 13.0. The van der Waals surface area contributed by atoms with Crippen molar-refractivity contribution in [2.75, 3.05) is 7.11 Å². The van der Waals surface area contributed by atoms with Crippen molar-refractivity contribution in [2.45, 2.75) is 26.5 Å². The molecular weight excluding hydrogens is 336 g/mol. The molecule has 2 aromatic carbocycles. The molecule has 0 aromatic heterocycles. The van der Waals surface area contributed by atoms with E-state index in [1.165, 1.54) is 12.4 Å². The third kappa shape index (κ3) is 5.05. The number of hydrogen-bond acceptors (Lipinski definition) is 5. The monoisotopic (exact) mass is 360 g/mol. The Kier molecular flexibility index (Phi) is 7.77. The zero-order chi connectivity index (χ0) is 18.4. The number of benzene rings is 2. The van der Waals surface area contributed by atoms with Crippen molar-refractivity contribution in [3.63, 3.8) is 0 Å². The molecule has 2 rings (SSSR count). The molecule has 0 unspecified atom stereocenters. The summed E-state index contributed by atoms with van der Waals surface area (Å²) in [5.74, 6) is -0.667. The van der Waals surface area contributed by atoms with Crippen molar-refractivity contribution < 1.29 is 24.6 Å². The smallest absolute Gasteiger partial charge is 0.268 e. The van der Waals surface area contributed by atoms with E-state index in [0.29, 0.717) is 5.56 Å². The molecular formula is C19H24N2O5. The van der Waals surface area contributed by atoms with Crippen molar-refractivity contribution in [3.8, 4) is 16.9 Å². The Hall–Kier alpha value is -2.90. The lowest BCUT2D eigenvalue weighted by atomic mass is 10.0. The van der Waals surface area contributed by atoms with Gasteiger partial charge in [0, 0.05) is 5.56 Å². The molecule has 4 N–H and O–H groups in total. The van der Waals surface area contributed by atoms with E-state index in [4.69, 9.17) is 9.94 Å². The van der Waals surface area contributed by atoms with Gasteiger partial charge in [-0.25, -0.2) is 5.48 Å². The number of hydroxylamine groups is 1. The van der Waals surface area contributed by atoms with E-state index >= 15 is 0 Å². The first-order chi connectivity index (χ1) is 12.0. The van der Waals surface area contributed by atoms with Gasteiger partial charge in [-0.3, -0.25) is 14.8 Å². The van der Waals surface area contributed by atoms with Crippen LogP contribution in [0.4, 0.5) is 0 Å². The molecule has 0 bridgehead atoms. The van der Waals surface area contributed by atoms with Crippen LogP contribution in [0.5, 0.6) is 5.75 Å². The summed E-state index contributed by atoms with van der Waals surface area (Å²) in [5.41, 5.74) is 3.63. The van der Waals surface area contributed by atoms with Crippen LogP contribution >= 0.6 is 0 Å². The van der Waals surface area contributed by atoms with Crippen LogP contribution in [0.3, 0.4) is 0 Å². The third-order valence-electron chi connectivity index (χ3n) is 3.73. The highest BCUT2D eigenvalue weighted by Crippen LogP contribution is 2.22. The molecule has 26 heavy (non-hydrogen) atoms. The largest absolute Gasteiger partial charge is 0.497 e. The summed E-state index contributed by atoms with van der Waals surface area (Å²) in [7, 11) is 1.60. The Labute approximate surface area is 152 Å². The topological polar surface area (TPSA) is 108 Å². The number of hydrogen-bond donors (Lipinski definition) is 4. The predicted octanol–water partition coefficient (Wildman–Crippen LogP) is 1.98. The standard InChI is InChI=1S/C18H20N2O5.CH4/c1-11(21)16(18(23)20-24)19-17(22)14-5-3-12(4-6-14)13-7-9-15(25-2)10-8-13;/h3-11,16,21,24H,1-2H3,(H,19,22)(H,20,23);1H4/t11-,16+;/m1./s1. The molecule has 0 aliphatic rings. The van der Waals surface area contributed by atoms with Crippen LogP contribution in [-0.4, -0.2) is 41.4 Å². The lowest BCUT2D eigenvalue weighted by molar-refractivity contribution is -0.133. The molecule has 0 heterocycles. The maximum Gasteiger partial charge on any atom is 0.268 e. The molecule has 0 fully saturated rings. The average molecular weight is 360 g/mol. The van der Waals surface area contributed by atoms with E-state index < -0.39 is 24.0 Å². The second-order valence-corrected chi connectivity index (χ2v) is 5.47. The van der Waals surface area contributed by atoms with E-state index in [2.05, 4.69) is 5.32 Å². The van der Waals surface area contributed by atoms with Gasteiger partial charge >= 0.3 is 0 Å². The molecule has 0 saturated heterocycles. The van der Waals surface area contributed by atoms with E-state index in [1.807, 2.05) is 24.3 Å². The molecule has 0 aliphatic heterocycles. The summed E-state index contributed by atoms with van der Waals surface area (Å²) < 4.78 is 5.12. The van der Waals surface area contributed by atoms with Crippen LogP contribution < -0.4 is 15.5 Å². The van der Waals surface area contributed by atoms with Crippen molar-refractivity contribution in [1.29, 1.82) is 0 Å². The first-order valence-electron chi connectivity index (χ1n) is 7.63. The maximum atomic E-state index is 12.2. The van der Waals surface area contributed by atoms with Crippen LogP contribution in [0.1, 0.15) is 24.7 Å². The van der Waals surface area contributed by atoms with Gasteiger partial charge in [0.25, 0.3) is 11.8 Å². The highest BCUT2D eigenvalue weighted by molar-refractivity contribution is 5.97. The lowest BCUT2D eigenvalue weighted by Crippen LogP contribution is -2.51. The highest BCUT2D eigenvalue weighted by Gasteiger charge is 2.25. The van der Waals surface area contributed by atoms with Gasteiger partial charge in [-0.1, -0.05) is 31.7 Å². The van der Waals surface area contributed by atoms with Crippen molar-refractivity contribution in [2.24, 2.45) is 0 Å². The summed E-state index contributed by atoms with van der Waals surface area (Å²) in [5, 5.41) is 20.6. The Morgan fingerprint density at radius 1 is 1.00 bits per heavy atom. The van der Waals surface area contributed by atoms with E-state index in [1.54, 1.807) is 31.4 Å². The number of carbonyl (C=O) groups excluding carboxylic acids is 2. The van der Waals surface area contributed by atoms with Gasteiger partial charge in [0.2, 0.25) is 0 Å². The van der Waals surface area contributed by atoms with E-state index in [0.717, 1.165) is 16.9 Å². The summed E-state index contributed by atoms with van der Waals surface area (Å²) >= 11 is 0. The molecule has 0 aliphatic carbocycles. The van der Waals surface area contributed by atoms with Crippen molar-refractivity contribution in [3.05, 3.63) is 54.1 Å². The van der Waals surface area contributed by atoms with Gasteiger partial charge in [-0.15, -0.1) is 0 Å². The fraction of sp³-hybridized carbons (Fsp3) is 0.263. The molecule has 140 valence electrons. The minimum atomic E-state index is -1.25. The Bertz CT molecular complexity index is 727. The van der Waals surface area contributed by atoms with Gasteiger partial charge in [-0.05, 0) is 42.3 Å². The second-order valence-electron chi connectivity index (χ2n) is 5.47. The van der Waals surface area contributed by atoms with Gasteiger partial charge in [-0.2, -0.15) is 0 Å². The summed E-state index contributed by atoms with van der Waals surface area (Å²) in [4.78, 5) is 23.7. The van der Waals surface area contributed by atoms with E-state index in [-0.39, 0.29) is 7.43 Å². The Balaban J connectivity index is 0.00000338. The maximum absolute atomic E-state index is 12.2. The lowest BCUT2D eigenvalue weighted by Gasteiger charge is -2.19. The highest BCUT2D eigenvalue weighted by atomic mass is 16.5. The van der Waals surface area contributed by atoms with Crippen LogP contribution in [0.15, 0.2) is 48.5 Å². The molecule has 7 heteroatoms. The molecule has 2 atom stereocenters. The number of aliphatic hydroxyl groups is 1. The quantitative estimate of drug-likeness (QED) is 0.465. The molecule has 2 amide bonds. The zero-order valence-corrected chi connectivity index (χ0v) is 13.9. The van der Waals surface area contributed by atoms with Crippen molar-refractivity contribution in [1.82, 2.24) is 10.8 Å². The number of carbonyl (C=O) groups is 2. The third-order valence-corrected chi connectivity index (χ3v) is 3.73. The molecule has 0 saturated carbocycles. The predicted molar refractivity (Wildman–Crippen MR) is 98.0 cm³/mol. The van der Waals surface area contributed by atoms with Gasteiger partial charge in [0.05, 0.1) is 13.2 Å². The fourth-order valence-corrected chi connectivity index (χ4v) is 2.30. The van der Waals surface area contributed by atoms with Crippen LogP contribution in [-0.2, 0) is 4.79 Å². The number of aliphatic hydroxyl groups excluding tert-OH is 1. The van der Waals surface area contributed by atoms with Gasteiger partial charge in [0.1, 0.15) is 11.8 Å². The van der Waals surface area contributed by atoms with Crippen molar-refractivity contribution >= 4 is 11.8 Å². The van der Waals surface area contributed by atoms with Crippen LogP contribution in [0.25, 0.3) is 11.1 Å². The number of nitrogens with one attached hydrogen (secondary N) is 2. The number of methoxy groups -OCH3 is 1. The second kappa shape index (κ2) is 9.55. The summed E-state index contributed by atoms with van der Waals surface area (Å²) in [6.45, 7) is 1.34. The molecule has 2 aromatic rings. The first kappa shape index (κ1) is 21.1. The van der Waals surface area contributed by atoms with Crippen LogP contribution in [0, 0.1) is 0 Å². The molecule has 0 radical (unpaired) electrons. The number of ether oxygens (including phenoxy) is 1. The summed E-state index contributed by atoms with van der Waals surface area (Å²) in [6.07, 6.45) is -1.16.